The predicted molar refractivity (Wildman–Crippen MR) is 236 cm³/mol. The Labute approximate surface area is 330 Å². The zero-order valence-electron chi connectivity index (χ0n) is 30.9. The standard InChI is InChI=1S/C53H34N4/c1-4-17-36(18-5-1)45-32-43(53-55-51(38-21-8-3-9-22-38)54-52(56-53)42-29-28-35-16-10-11-23-39(35)30-42)33-46(37-19-6-2-7-20-37)50(45)57-48-27-15-14-26-44(48)47-31-40-24-12-13-25-41(40)34-49(47)57/h1-34H. The van der Waals surface area contributed by atoms with Gasteiger partial charge in [-0.05, 0) is 69.1 Å². The van der Waals surface area contributed by atoms with E-state index >= 15 is 0 Å². The van der Waals surface area contributed by atoms with Gasteiger partial charge in [0.15, 0.2) is 17.5 Å². The number of hydrogen-bond acceptors (Lipinski definition) is 3. The highest BCUT2D eigenvalue weighted by atomic mass is 15.0. The number of benzene rings is 9. The third-order valence-electron chi connectivity index (χ3n) is 11.0. The molecule has 0 N–H and O–H groups in total. The molecule has 0 aliphatic rings. The Morgan fingerprint density at radius 3 is 1.39 bits per heavy atom. The van der Waals surface area contributed by atoms with Crippen LogP contribution in [0.3, 0.4) is 0 Å². The third-order valence-corrected chi connectivity index (χ3v) is 11.0. The topological polar surface area (TPSA) is 43.6 Å². The van der Waals surface area contributed by atoms with E-state index in [9.17, 15) is 0 Å². The van der Waals surface area contributed by atoms with Gasteiger partial charge in [-0.2, -0.15) is 0 Å². The lowest BCUT2D eigenvalue weighted by molar-refractivity contribution is 1.07. The summed E-state index contributed by atoms with van der Waals surface area (Å²) in [6.07, 6.45) is 0. The Morgan fingerprint density at radius 2 is 0.754 bits per heavy atom. The molecule has 0 fully saturated rings. The molecule has 266 valence electrons. The molecule has 4 nitrogen and oxygen atoms in total. The predicted octanol–water partition coefficient (Wildman–Crippen LogP) is 13.6. The molecule has 9 aromatic carbocycles. The maximum atomic E-state index is 5.27. The molecule has 57 heavy (non-hydrogen) atoms. The highest BCUT2D eigenvalue weighted by molar-refractivity contribution is 6.14. The van der Waals surface area contributed by atoms with Gasteiger partial charge in [0.1, 0.15) is 0 Å². The molecular weight excluding hydrogens is 693 g/mol. The van der Waals surface area contributed by atoms with Crippen molar-refractivity contribution in [2.24, 2.45) is 0 Å². The van der Waals surface area contributed by atoms with Crippen LogP contribution < -0.4 is 0 Å². The fourth-order valence-electron chi connectivity index (χ4n) is 8.25. The average Bonchev–Trinajstić information content (AvgIpc) is 3.61. The van der Waals surface area contributed by atoms with Gasteiger partial charge in [-0.25, -0.2) is 15.0 Å². The smallest absolute Gasteiger partial charge is 0.164 e. The van der Waals surface area contributed by atoms with Crippen molar-refractivity contribution in [1.82, 2.24) is 19.5 Å². The fraction of sp³-hybridized carbons (Fsp3) is 0. The zero-order chi connectivity index (χ0) is 37.7. The number of hydrogen-bond donors (Lipinski definition) is 0. The molecule has 0 atom stereocenters. The van der Waals surface area contributed by atoms with Crippen LogP contribution in [0.1, 0.15) is 0 Å². The molecule has 11 rings (SSSR count). The van der Waals surface area contributed by atoms with Crippen LogP contribution in [0, 0.1) is 0 Å². The third kappa shape index (κ3) is 5.74. The fourth-order valence-corrected chi connectivity index (χ4v) is 8.25. The molecular formula is C53H34N4. The molecule has 0 spiro atoms. The van der Waals surface area contributed by atoms with Crippen molar-refractivity contribution in [2.45, 2.75) is 0 Å². The number of aromatic nitrogens is 4. The first-order valence-corrected chi connectivity index (χ1v) is 19.3. The first kappa shape index (κ1) is 32.7. The van der Waals surface area contributed by atoms with Crippen molar-refractivity contribution < 1.29 is 0 Å². The van der Waals surface area contributed by atoms with Crippen molar-refractivity contribution in [3.63, 3.8) is 0 Å². The van der Waals surface area contributed by atoms with Crippen LogP contribution >= 0.6 is 0 Å². The zero-order valence-corrected chi connectivity index (χ0v) is 30.9. The molecule has 2 aromatic heterocycles. The van der Waals surface area contributed by atoms with E-state index in [4.69, 9.17) is 15.0 Å². The summed E-state index contributed by atoms with van der Waals surface area (Å²) < 4.78 is 2.47. The second-order valence-corrected chi connectivity index (χ2v) is 14.5. The summed E-state index contributed by atoms with van der Waals surface area (Å²) in [6.45, 7) is 0. The van der Waals surface area contributed by atoms with Gasteiger partial charge >= 0.3 is 0 Å². The van der Waals surface area contributed by atoms with E-state index in [-0.39, 0.29) is 0 Å². The van der Waals surface area contributed by atoms with Gasteiger partial charge in [-0.15, -0.1) is 0 Å². The van der Waals surface area contributed by atoms with E-state index in [2.05, 4.69) is 193 Å². The maximum absolute atomic E-state index is 5.27. The first-order valence-electron chi connectivity index (χ1n) is 19.3. The molecule has 0 aliphatic heterocycles. The molecule has 0 saturated heterocycles. The van der Waals surface area contributed by atoms with Gasteiger partial charge in [0.25, 0.3) is 0 Å². The van der Waals surface area contributed by atoms with Crippen LogP contribution in [-0.4, -0.2) is 19.5 Å². The van der Waals surface area contributed by atoms with Crippen LogP contribution in [0.4, 0.5) is 0 Å². The highest BCUT2D eigenvalue weighted by Crippen LogP contribution is 2.44. The van der Waals surface area contributed by atoms with Gasteiger partial charge in [0, 0.05) is 38.6 Å². The first-order chi connectivity index (χ1) is 28.2. The summed E-state index contributed by atoms with van der Waals surface area (Å²) in [4.78, 5) is 15.6. The van der Waals surface area contributed by atoms with Crippen LogP contribution in [0.25, 0.3) is 105 Å². The molecule has 0 unspecified atom stereocenters. The van der Waals surface area contributed by atoms with Crippen molar-refractivity contribution in [3.8, 4) is 62.1 Å². The Hall–Kier alpha value is -7.69. The Bertz CT molecular complexity index is 3220. The summed E-state index contributed by atoms with van der Waals surface area (Å²) >= 11 is 0. The van der Waals surface area contributed by atoms with Crippen molar-refractivity contribution in [2.75, 3.05) is 0 Å². The minimum absolute atomic E-state index is 0.612. The summed E-state index contributed by atoms with van der Waals surface area (Å²) in [5.41, 5.74) is 10.6. The summed E-state index contributed by atoms with van der Waals surface area (Å²) in [7, 11) is 0. The summed E-state index contributed by atoms with van der Waals surface area (Å²) in [5.74, 6) is 1.87. The molecule has 4 heteroatoms. The molecule has 0 amide bonds. The number of para-hydroxylation sites is 1. The molecule has 11 aromatic rings. The van der Waals surface area contributed by atoms with Crippen LogP contribution in [0.15, 0.2) is 206 Å². The second-order valence-electron chi connectivity index (χ2n) is 14.5. The molecule has 0 aliphatic carbocycles. The van der Waals surface area contributed by atoms with E-state index in [0.717, 1.165) is 61.1 Å². The normalized spacial score (nSPS) is 11.5. The lowest BCUT2D eigenvalue weighted by atomic mass is 9.92. The monoisotopic (exact) mass is 726 g/mol. The number of nitrogens with zero attached hydrogens (tertiary/aromatic N) is 4. The van der Waals surface area contributed by atoms with Crippen LogP contribution in [0.2, 0.25) is 0 Å². The van der Waals surface area contributed by atoms with Crippen molar-refractivity contribution >= 4 is 43.4 Å². The average molecular weight is 727 g/mol. The maximum Gasteiger partial charge on any atom is 0.164 e. The lowest BCUT2D eigenvalue weighted by Crippen LogP contribution is -2.04. The lowest BCUT2D eigenvalue weighted by Gasteiger charge is -2.21. The van der Waals surface area contributed by atoms with E-state index in [0.29, 0.717) is 17.5 Å². The second kappa shape index (κ2) is 13.6. The minimum Gasteiger partial charge on any atom is -0.308 e. The van der Waals surface area contributed by atoms with Crippen molar-refractivity contribution in [3.05, 3.63) is 206 Å². The Balaban J connectivity index is 1.24. The van der Waals surface area contributed by atoms with E-state index < -0.39 is 0 Å². The number of fused-ring (bicyclic) bond motifs is 5. The van der Waals surface area contributed by atoms with Crippen molar-refractivity contribution in [1.29, 1.82) is 0 Å². The minimum atomic E-state index is 0.612. The van der Waals surface area contributed by atoms with E-state index in [1.54, 1.807) is 0 Å². The molecule has 2 heterocycles. The largest absolute Gasteiger partial charge is 0.308 e. The SMILES string of the molecule is c1ccc(-c2nc(-c3cc(-c4ccccc4)c(-n4c5ccccc5c5cc6ccccc6cc54)c(-c4ccccc4)c3)nc(-c3ccc4ccccc4c3)n2)cc1. The molecule has 0 saturated carbocycles. The Kier molecular flexibility index (Phi) is 7.78. The van der Waals surface area contributed by atoms with Crippen LogP contribution in [-0.2, 0) is 0 Å². The summed E-state index contributed by atoms with van der Waals surface area (Å²) in [6, 6.07) is 73.0. The van der Waals surface area contributed by atoms with E-state index in [1.807, 2.05) is 18.2 Å². The number of rotatable bonds is 6. The summed E-state index contributed by atoms with van der Waals surface area (Å²) in [5, 5.41) is 7.17. The van der Waals surface area contributed by atoms with Gasteiger partial charge in [-0.1, -0.05) is 170 Å². The molecule has 0 bridgehead atoms. The van der Waals surface area contributed by atoms with Gasteiger partial charge < -0.3 is 4.57 Å². The van der Waals surface area contributed by atoms with Gasteiger partial charge in [0.05, 0.1) is 16.7 Å². The quantitative estimate of drug-likeness (QED) is 0.171. The van der Waals surface area contributed by atoms with Crippen LogP contribution in [0.5, 0.6) is 0 Å². The highest BCUT2D eigenvalue weighted by Gasteiger charge is 2.23. The molecule has 0 radical (unpaired) electrons. The van der Waals surface area contributed by atoms with Gasteiger partial charge in [0.2, 0.25) is 0 Å². The van der Waals surface area contributed by atoms with Gasteiger partial charge in [-0.3, -0.25) is 0 Å². The Morgan fingerprint density at radius 1 is 0.281 bits per heavy atom. The van der Waals surface area contributed by atoms with E-state index in [1.165, 1.54) is 26.9 Å².